The number of allylic oxidation sites excluding steroid dienone is 1. The van der Waals surface area contributed by atoms with Gasteiger partial charge in [-0.25, -0.2) is 4.79 Å². The third-order valence-corrected chi connectivity index (χ3v) is 4.61. The fourth-order valence-electron chi connectivity index (χ4n) is 3.16. The van der Waals surface area contributed by atoms with Crippen molar-refractivity contribution in [1.82, 2.24) is 10.6 Å². The van der Waals surface area contributed by atoms with Crippen molar-refractivity contribution in [3.05, 3.63) is 59.3 Å². The molecule has 3 amide bonds. The average molecular weight is 397 g/mol. The van der Waals surface area contributed by atoms with Crippen molar-refractivity contribution in [3.63, 3.8) is 0 Å². The van der Waals surface area contributed by atoms with Crippen molar-refractivity contribution in [2.24, 2.45) is 0 Å². The summed E-state index contributed by atoms with van der Waals surface area (Å²) in [7, 11) is 4.65. The van der Waals surface area contributed by atoms with Crippen molar-refractivity contribution in [2.45, 2.75) is 13.0 Å². The van der Waals surface area contributed by atoms with Gasteiger partial charge in [0.15, 0.2) is 0 Å². The van der Waals surface area contributed by atoms with Gasteiger partial charge in [-0.1, -0.05) is 0 Å². The smallest absolute Gasteiger partial charge is 0.319 e. The van der Waals surface area contributed by atoms with Gasteiger partial charge >= 0.3 is 6.03 Å². The monoisotopic (exact) mass is 397 g/mol. The molecule has 0 aliphatic carbocycles. The van der Waals surface area contributed by atoms with Gasteiger partial charge in [-0.3, -0.25) is 4.79 Å². The molecule has 2 aromatic carbocycles. The molecule has 1 unspecified atom stereocenters. The lowest BCUT2D eigenvalue weighted by Crippen LogP contribution is -2.46. The van der Waals surface area contributed by atoms with Gasteiger partial charge in [0.2, 0.25) is 0 Å². The Labute approximate surface area is 168 Å². The molecule has 0 spiro atoms. The van der Waals surface area contributed by atoms with Crippen LogP contribution in [0.3, 0.4) is 0 Å². The Balaban J connectivity index is 1.96. The van der Waals surface area contributed by atoms with Crippen molar-refractivity contribution >= 4 is 17.6 Å². The molecule has 152 valence electrons. The zero-order valence-electron chi connectivity index (χ0n) is 16.7. The molecule has 0 aromatic heterocycles. The third-order valence-electron chi connectivity index (χ3n) is 4.61. The molecule has 0 bridgehead atoms. The highest BCUT2D eigenvalue weighted by molar-refractivity contribution is 6.06. The Morgan fingerprint density at radius 3 is 2.24 bits per heavy atom. The molecular weight excluding hydrogens is 374 g/mol. The van der Waals surface area contributed by atoms with Gasteiger partial charge in [0.05, 0.1) is 32.9 Å². The van der Waals surface area contributed by atoms with Gasteiger partial charge in [-0.15, -0.1) is 0 Å². The van der Waals surface area contributed by atoms with Crippen molar-refractivity contribution in [3.8, 4) is 17.2 Å². The number of amides is 3. The van der Waals surface area contributed by atoms with Crippen LogP contribution in [0.4, 0.5) is 10.5 Å². The maximum atomic E-state index is 13.1. The van der Waals surface area contributed by atoms with Crippen LogP contribution in [0.15, 0.2) is 53.7 Å². The summed E-state index contributed by atoms with van der Waals surface area (Å²) in [6.45, 7) is 1.69. The maximum Gasteiger partial charge on any atom is 0.319 e. The summed E-state index contributed by atoms with van der Waals surface area (Å²) in [6, 6.07) is 11.1. The first-order valence-corrected chi connectivity index (χ1v) is 8.92. The zero-order chi connectivity index (χ0) is 21.0. The van der Waals surface area contributed by atoms with Crippen molar-refractivity contribution in [2.75, 3.05) is 26.6 Å². The van der Waals surface area contributed by atoms with Crippen LogP contribution >= 0.6 is 0 Å². The molecule has 8 heteroatoms. The number of nitrogens with one attached hydrogen (secondary N) is 3. The Hall–Kier alpha value is -3.68. The largest absolute Gasteiger partial charge is 0.497 e. The molecule has 0 radical (unpaired) electrons. The predicted octanol–water partition coefficient (Wildman–Crippen LogP) is 2.98. The number of methoxy groups -OCH3 is 3. The number of carbonyl (C=O) groups is 2. The number of anilines is 1. The lowest BCUT2D eigenvalue weighted by molar-refractivity contribution is -0.113. The summed E-state index contributed by atoms with van der Waals surface area (Å²) in [5, 5.41) is 8.32. The molecule has 1 atom stereocenters. The lowest BCUT2D eigenvalue weighted by Gasteiger charge is -2.29. The van der Waals surface area contributed by atoms with E-state index in [9.17, 15) is 9.59 Å². The Morgan fingerprint density at radius 2 is 1.62 bits per heavy atom. The molecule has 3 rings (SSSR count). The van der Waals surface area contributed by atoms with Crippen LogP contribution < -0.4 is 30.2 Å². The third kappa shape index (κ3) is 4.26. The summed E-state index contributed by atoms with van der Waals surface area (Å²) in [6.07, 6.45) is 0. The number of hydrogen-bond acceptors (Lipinski definition) is 5. The van der Waals surface area contributed by atoms with E-state index in [1.165, 1.54) is 7.11 Å². The first-order valence-electron chi connectivity index (χ1n) is 8.92. The Kier molecular flexibility index (Phi) is 5.92. The predicted molar refractivity (Wildman–Crippen MR) is 108 cm³/mol. The normalized spacial score (nSPS) is 15.9. The van der Waals surface area contributed by atoms with Gasteiger partial charge < -0.3 is 30.2 Å². The van der Waals surface area contributed by atoms with E-state index in [0.717, 1.165) is 0 Å². The minimum Gasteiger partial charge on any atom is -0.497 e. The number of rotatable bonds is 6. The first-order chi connectivity index (χ1) is 14.0. The van der Waals surface area contributed by atoms with Gasteiger partial charge in [0.25, 0.3) is 5.91 Å². The number of carbonyl (C=O) groups excluding carboxylic acids is 2. The number of ether oxygens (including phenoxy) is 3. The summed E-state index contributed by atoms with van der Waals surface area (Å²) < 4.78 is 15.8. The molecule has 0 saturated carbocycles. The van der Waals surface area contributed by atoms with Crippen LogP contribution in [0.25, 0.3) is 0 Å². The Morgan fingerprint density at radius 1 is 0.966 bits per heavy atom. The van der Waals surface area contributed by atoms with E-state index in [1.54, 1.807) is 63.6 Å². The van der Waals surface area contributed by atoms with Gasteiger partial charge in [0, 0.05) is 23.0 Å². The van der Waals surface area contributed by atoms with Crippen molar-refractivity contribution in [1.29, 1.82) is 0 Å². The second-order valence-electron chi connectivity index (χ2n) is 6.36. The van der Waals surface area contributed by atoms with Crippen LogP contribution in [-0.2, 0) is 4.79 Å². The number of benzene rings is 2. The highest BCUT2D eigenvalue weighted by atomic mass is 16.5. The topological polar surface area (TPSA) is 97.9 Å². The average Bonchev–Trinajstić information content (AvgIpc) is 2.73. The molecule has 1 aliphatic rings. The fraction of sp³-hybridized carbons (Fsp3) is 0.238. The van der Waals surface area contributed by atoms with E-state index in [-0.39, 0.29) is 5.91 Å². The Bertz CT molecular complexity index is 953. The molecular formula is C21H23N3O5. The van der Waals surface area contributed by atoms with Crippen LogP contribution in [0, 0.1) is 0 Å². The standard InChI is InChI=1S/C21H23N3O5/c1-12-18(20(25)23-13-5-7-14(27-2)8-6-13)19(24-21(26)22-12)16-10-9-15(28-3)11-17(16)29-4/h5-11,19H,1-4H3,(H,23,25)(H2,22,24,26). The lowest BCUT2D eigenvalue weighted by atomic mass is 9.94. The summed E-state index contributed by atoms with van der Waals surface area (Å²) in [5.74, 6) is 1.45. The number of hydrogen-bond donors (Lipinski definition) is 3. The fourth-order valence-corrected chi connectivity index (χ4v) is 3.16. The van der Waals surface area contributed by atoms with Gasteiger partial charge in [0.1, 0.15) is 17.2 Å². The number of urea groups is 1. The summed E-state index contributed by atoms with van der Waals surface area (Å²) in [4.78, 5) is 25.2. The van der Waals surface area contributed by atoms with Crippen LogP contribution in [-0.4, -0.2) is 33.3 Å². The molecule has 2 aromatic rings. The van der Waals surface area contributed by atoms with E-state index in [1.807, 2.05) is 0 Å². The van der Waals surface area contributed by atoms with Gasteiger partial charge in [-0.05, 0) is 43.3 Å². The van der Waals surface area contributed by atoms with Crippen LogP contribution in [0.1, 0.15) is 18.5 Å². The highest BCUT2D eigenvalue weighted by Gasteiger charge is 2.33. The molecule has 8 nitrogen and oxygen atoms in total. The van der Waals surface area contributed by atoms with Crippen LogP contribution in [0.5, 0.6) is 17.2 Å². The molecule has 3 N–H and O–H groups in total. The van der Waals surface area contributed by atoms with Crippen molar-refractivity contribution < 1.29 is 23.8 Å². The first kappa shape index (κ1) is 20.1. The SMILES string of the molecule is COc1ccc(NC(=O)C2=C(C)NC(=O)NC2c2ccc(OC)cc2OC)cc1. The highest BCUT2D eigenvalue weighted by Crippen LogP contribution is 2.35. The maximum absolute atomic E-state index is 13.1. The zero-order valence-corrected chi connectivity index (χ0v) is 16.7. The second kappa shape index (κ2) is 8.55. The quantitative estimate of drug-likeness (QED) is 0.696. The summed E-state index contributed by atoms with van der Waals surface area (Å²) in [5.41, 5.74) is 2.09. The van der Waals surface area contributed by atoms with E-state index in [0.29, 0.717) is 39.8 Å². The summed E-state index contributed by atoms with van der Waals surface area (Å²) >= 11 is 0. The molecule has 0 saturated heterocycles. The van der Waals surface area contributed by atoms with E-state index in [4.69, 9.17) is 14.2 Å². The van der Waals surface area contributed by atoms with Crippen LogP contribution in [0.2, 0.25) is 0 Å². The van der Waals surface area contributed by atoms with E-state index in [2.05, 4.69) is 16.0 Å². The molecule has 29 heavy (non-hydrogen) atoms. The molecule has 1 heterocycles. The molecule has 1 aliphatic heterocycles. The molecule has 0 fully saturated rings. The van der Waals surface area contributed by atoms with E-state index < -0.39 is 12.1 Å². The minimum absolute atomic E-state index is 0.344. The van der Waals surface area contributed by atoms with Gasteiger partial charge in [-0.2, -0.15) is 0 Å². The second-order valence-corrected chi connectivity index (χ2v) is 6.36. The van der Waals surface area contributed by atoms with E-state index >= 15 is 0 Å². The minimum atomic E-state index is -0.692.